The van der Waals surface area contributed by atoms with Gasteiger partial charge in [-0.2, -0.15) is 0 Å². The van der Waals surface area contributed by atoms with Crippen molar-refractivity contribution in [3.63, 3.8) is 0 Å². The number of methoxy groups -OCH3 is 1. The topological polar surface area (TPSA) is 96.0 Å². The Balaban J connectivity index is 2.08. The van der Waals surface area contributed by atoms with Gasteiger partial charge in [-0.15, -0.1) is 0 Å². The largest absolute Gasteiger partial charge is 0.497 e. The molecule has 1 atom stereocenters. The molecule has 0 aliphatic rings. The second-order valence-corrected chi connectivity index (χ2v) is 12.2. The van der Waals surface area contributed by atoms with Gasteiger partial charge in [0.25, 0.3) is 10.0 Å². The molecule has 0 saturated carbocycles. The smallest absolute Gasteiger partial charge is 0.264 e. The van der Waals surface area contributed by atoms with Crippen LogP contribution in [0.2, 0.25) is 0 Å². The Hall–Kier alpha value is -3.85. The van der Waals surface area contributed by atoms with Crippen LogP contribution in [0.3, 0.4) is 0 Å². The van der Waals surface area contributed by atoms with Crippen LogP contribution in [0.4, 0.5) is 5.69 Å². The zero-order chi connectivity index (χ0) is 29.6. The molecule has 8 nitrogen and oxygen atoms in total. The van der Waals surface area contributed by atoms with E-state index in [2.05, 4.69) is 5.32 Å². The Morgan fingerprint density at radius 2 is 1.55 bits per heavy atom. The molecular weight excluding hydrogens is 526 g/mol. The molecular formula is C31H39N3O5S. The monoisotopic (exact) mass is 565 g/mol. The second kappa shape index (κ2) is 13.0. The molecule has 0 heterocycles. The van der Waals surface area contributed by atoms with Crippen LogP contribution in [0.5, 0.6) is 5.75 Å². The summed E-state index contributed by atoms with van der Waals surface area (Å²) in [6.45, 7) is 10.5. The third-order valence-electron chi connectivity index (χ3n) is 6.61. The van der Waals surface area contributed by atoms with Gasteiger partial charge in [0.1, 0.15) is 18.3 Å². The number of carbonyl (C=O) groups excluding carboxylic acids is 2. The van der Waals surface area contributed by atoms with Crippen LogP contribution in [0.15, 0.2) is 71.6 Å². The third kappa shape index (κ3) is 7.41. The van der Waals surface area contributed by atoms with Gasteiger partial charge >= 0.3 is 0 Å². The predicted molar refractivity (Wildman–Crippen MR) is 158 cm³/mol. The second-order valence-electron chi connectivity index (χ2n) is 10.3. The van der Waals surface area contributed by atoms with E-state index in [0.717, 1.165) is 21.0 Å². The highest BCUT2D eigenvalue weighted by Gasteiger charge is 2.33. The summed E-state index contributed by atoms with van der Waals surface area (Å²) in [5, 5.41) is 2.86. The minimum Gasteiger partial charge on any atom is -0.497 e. The maximum absolute atomic E-state index is 14.1. The van der Waals surface area contributed by atoms with Gasteiger partial charge in [0.15, 0.2) is 0 Å². The fraction of sp³-hybridized carbons (Fsp3) is 0.355. The summed E-state index contributed by atoms with van der Waals surface area (Å²) in [5.74, 6) is -0.222. The number of amides is 2. The normalized spacial score (nSPS) is 12.1. The van der Waals surface area contributed by atoms with Gasteiger partial charge in [0.05, 0.1) is 17.7 Å². The lowest BCUT2D eigenvalue weighted by atomic mass is 10.1. The number of anilines is 1. The van der Waals surface area contributed by atoms with Gasteiger partial charge in [0.2, 0.25) is 11.8 Å². The zero-order valence-electron chi connectivity index (χ0n) is 24.3. The molecule has 3 aromatic rings. The Labute approximate surface area is 238 Å². The van der Waals surface area contributed by atoms with E-state index in [9.17, 15) is 18.0 Å². The molecule has 1 unspecified atom stereocenters. The maximum atomic E-state index is 14.1. The van der Waals surface area contributed by atoms with E-state index >= 15 is 0 Å². The van der Waals surface area contributed by atoms with Gasteiger partial charge < -0.3 is 15.0 Å². The average molecular weight is 566 g/mol. The van der Waals surface area contributed by atoms with Crippen LogP contribution >= 0.6 is 0 Å². The van der Waals surface area contributed by atoms with E-state index in [0.29, 0.717) is 17.0 Å². The van der Waals surface area contributed by atoms with Crippen molar-refractivity contribution in [3.8, 4) is 5.75 Å². The van der Waals surface area contributed by atoms with Crippen LogP contribution in [0, 0.1) is 20.8 Å². The average Bonchev–Trinajstić information content (AvgIpc) is 2.91. The van der Waals surface area contributed by atoms with E-state index in [1.807, 2.05) is 52.8 Å². The minimum atomic E-state index is -4.12. The highest BCUT2D eigenvalue weighted by molar-refractivity contribution is 7.92. The van der Waals surface area contributed by atoms with Gasteiger partial charge in [-0.1, -0.05) is 42.0 Å². The molecule has 9 heteroatoms. The summed E-state index contributed by atoms with van der Waals surface area (Å²) < 4.78 is 34.5. The van der Waals surface area contributed by atoms with Crippen LogP contribution in [-0.4, -0.2) is 50.9 Å². The highest BCUT2D eigenvalue weighted by atomic mass is 32.2. The van der Waals surface area contributed by atoms with Crippen molar-refractivity contribution < 1.29 is 22.7 Å². The number of benzene rings is 3. The zero-order valence-corrected chi connectivity index (χ0v) is 25.1. The molecule has 0 aliphatic heterocycles. The van der Waals surface area contributed by atoms with Crippen LogP contribution in [0.1, 0.15) is 43.0 Å². The van der Waals surface area contributed by atoms with Crippen molar-refractivity contribution in [1.29, 1.82) is 0 Å². The first-order valence-corrected chi connectivity index (χ1v) is 14.7. The lowest BCUT2D eigenvalue weighted by Gasteiger charge is -2.33. The molecule has 2 amide bonds. The lowest BCUT2D eigenvalue weighted by Crippen LogP contribution is -2.52. The molecule has 0 bridgehead atoms. The summed E-state index contributed by atoms with van der Waals surface area (Å²) >= 11 is 0. The van der Waals surface area contributed by atoms with Gasteiger partial charge in [-0.25, -0.2) is 8.42 Å². The van der Waals surface area contributed by atoms with E-state index in [-0.39, 0.29) is 23.4 Å². The fourth-order valence-corrected chi connectivity index (χ4v) is 5.76. The number of hydrogen-bond acceptors (Lipinski definition) is 5. The molecule has 0 aliphatic carbocycles. The lowest BCUT2D eigenvalue weighted by molar-refractivity contribution is -0.139. The molecule has 0 saturated heterocycles. The molecule has 3 rings (SSSR count). The fourth-order valence-electron chi connectivity index (χ4n) is 4.29. The van der Waals surface area contributed by atoms with E-state index in [4.69, 9.17) is 4.74 Å². The molecule has 0 spiro atoms. The predicted octanol–water partition coefficient (Wildman–Crippen LogP) is 4.76. The molecule has 40 heavy (non-hydrogen) atoms. The quantitative estimate of drug-likeness (QED) is 0.362. The first-order chi connectivity index (χ1) is 18.8. The number of aryl methyl sites for hydroxylation is 3. The number of nitrogens with one attached hydrogen (secondary N) is 1. The highest BCUT2D eigenvalue weighted by Crippen LogP contribution is 2.29. The molecule has 214 valence electrons. The van der Waals surface area contributed by atoms with Crippen molar-refractivity contribution in [3.05, 3.63) is 89.0 Å². The third-order valence-corrected chi connectivity index (χ3v) is 8.38. The first-order valence-electron chi connectivity index (χ1n) is 13.2. The molecule has 1 N–H and O–H groups in total. The van der Waals surface area contributed by atoms with E-state index < -0.39 is 28.5 Å². The van der Waals surface area contributed by atoms with Crippen molar-refractivity contribution in [1.82, 2.24) is 10.2 Å². The Kier molecular flexibility index (Phi) is 9.98. The van der Waals surface area contributed by atoms with Gasteiger partial charge in [-0.3, -0.25) is 13.9 Å². The summed E-state index contributed by atoms with van der Waals surface area (Å²) in [6, 6.07) is 18.3. The van der Waals surface area contributed by atoms with E-state index in [1.54, 1.807) is 62.6 Å². The van der Waals surface area contributed by atoms with E-state index in [1.165, 1.54) is 4.90 Å². The Bertz CT molecular complexity index is 1450. The van der Waals surface area contributed by atoms with Crippen LogP contribution < -0.4 is 14.4 Å². The van der Waals surface area contributed by atoms with Crippen molar-refractivity contribution >= 4 is 27.5 Å². The van der Waals surface area contributed by atoms with Crippen molar-refractivity contribution in [2.45, 2.75) is 65.1 Å². The summed E-state index contributed by atoms with van der Waals surface area (Å²) in [5.41, 5.74) is 3.64. The molecule has 0 radical (unpaired) electrons. The SMILES string of the molecule is COc1cccc(CN(C(=O)CN(c2cc(C)ccc2C)S(=O)(=O)c2ccc(C)cc2)C(C)C(=O)NC(C)C)c1. The molecule has 0 fully saturated rings. The molecule has 3 aromatic carbocycles. The molecule has 0 aromatic heterocycles. The van der Waals surface area contributed by atoms with Crippen LogP contribution in [0.25, 0.3) is 0 Å². The first kappa shape index (κ1) is 30.7. The Morgan fingerprint density at radius 3 is 2.17 bits per heavy atom. The van der Waals surface area contributed by atoms with Crippen molar-refractivity contribution in [2.24, 2.45) is 0 Å². The number of sulfonamides is 1. The number of nitrogens with zero attached hydrogens (tertiary/aromatic N) is 2. The van der Waals surface area contributed by atoms with Gasteiger partial charge in [0, 0.05) is 12.6 Å². The summed E-state index contributed by atoms with van der Waals surface area (Å²) in [6.07, 6.45) is 0. The minimum absolute atomic E-state index is 0.0803. The number of hydrogen-bond donors (Lipinski definition) is 1. The summed E-state index contributed by atoms with van der Waals surface area (Å²) in [7, 11) is -2.57. The number of ether oxygens (including phenoxy) is 1. The standard InChI is InChI=1S/C31H39N3O5S/c1-21(2)32-31(36)25(6)33(19-26-9-8-10-27(18-26)39-7)30(35)20-34(29-17-23(4)11-14-24(29)5)40(37,38)28-15-12-22(3)13-16-28/h8-18,21,25H,19-20H2,1-7H3,(H,32,36). The van der Waals surface area contributed by atoms with Gasteiger partial charge in [-0.05, 0) is 88.6 Å². The Morgan fingerprint density at radius 1 is 0.900 bits per heavy atom. The van der Waals surface area contributed by atoms with Crippen LogP contribution in [-0.2, 0) is 26.2 Å². The summed E-state index contributed by atoms with van der Waals surface area (Å²) in [4.78, 5) is 28.6. The number of carbonyl (C=O) groups is 2. The number of rotatable bonds is 11. The van der Waals surface area contributed by atoms with Crippen molar-refractivity contribution in [2.75, 3.05) is 18.0 Å². The maximum Gasteiger partial charge on any atom is 0.264 e.